The number of aliphatic hydroxyl groups is 1. The molecule has 1 fully saturated rings. The molecule has 1 aliphatic heterocycles. The number of aryl methyl sites for hydroxylation is 2. The van der Waals surface area contributed by atoms with Gasteiger partial charge in [-0.3, -0.25) is 4.79 Å². The highest BCUT2D eigenvalue weighted by Gasteiger charge is 2.21. The fourth-order valence-corrected chi connectivity index (χ4v) is 2.77. The van der Waals surface area contributed by atoms with Crippen molar-refractivity contribution in [1.82, 2.24) is 4.98 Å². The van der Waals surface area contributed by atoms with E-state index in [9.17, 15) is 9.90 Å². The van der Waals surface area contributed by atoms with Crippen LogP contribution in [-0.2, 0) is 4.74 Å². The Hall–Kier alpha value is -2.38. The van der Waals surface area contributed by atoms with E-state index in [1.165, 1.54) is 0 Å². The molecule has 2 N–H and O–H groups in total. The Labute approximate surface area is 140 Å². The highest BCUT2D eigenvalue weighted by Crippen LogP contribution is 2.22. The van der Waals surface area contributed by atoms with Crippen molar-refractivity contribution < 1.29 is 19.1 Å². The Morgan fingerprint density at radius 2 is 2.29 bits per heavy atom. The van der Waals surface area contributed by atoms with E-state index in [4.69, 9.17) is 9.15 Å². The lowest BCUT2D eigenvalue weighted by atomic mass is 10.2. The number of hydrogen-bond acceptors (Lipinski definition) is 6. The standard InChI is InChI=1S/C17H21N3O4/c1-11-16(18-12(2)24-11)17(22)19-13-4-3-5-14(8-13)20-6-7-23-15(9-20)10-21/h3-5,8,15,21H,6-7,9-10H2,1-2H3,(H,19,22). The fourth-order valence-electron chi connectivity index (χ4n) is 2.77. The van der Waals surface area contributed by atoms with Crippen LogP contribution in [-0.4, -0.2) is 48.4 Å². The van der Waals surface area contributed by atoms with Gasteiger partial charge in [-0.05, 0) is 25.1 Å². The Balaban J connectivity index is 1.73. The number of carbonyl (C=O) groups excluding carboxylic acids is 1. The topological polar surface area (TPSA) is 87.8 Å². The van der Waals surface area contributed by atoms with Gasteiger partial charge in [-0.25, -0.2) is 4.98 Å². The molecule has 1 aromatic carbocycles. The number of aromatic nitrogens is 1. The van der Waals surface area contributed by atoms with Crippen LogP contribution in [0.1, 0.15) is 22.1 Å². The summed E-state index contributed by atoms with van der Waals surface area (Å²) in [5.41, 5.74) is 1.96. The first-order valence-electron chi connectivity index (χ1n) is 7.89. The Morgan fingerprint density at radius 1 is 1.46 bits per heavy atom. The highest BCUT2D eigenvalue weighted by molar-refractivity contribution is 6.03. The Bertz CT molecular complexity index is 728. The zero-order valence-electron chi connectivity index (χ0n) is 13.8. The fraction of sp³-hybridized carbons (Fsp3) is 0.412. The van der Waals surface area contributed by atoms with Gasteiger partial charge in [0.05, 0.1) is 19.3 Å². The molecule has 1 atom stereocenters. The van der Waals surface area contributed by atoms with Crippen molar-refractivity contribution >= 4 is 17.3 Å². The number of amides is 1. The summed E-state index contributed by atoms with van der Waals surface area (Å²) in [6.45, 7) is 5.36. The van der Waals surface area contributed by atoms with Crippen LogP contribution in [0, 0.1) is 13.8 Å². The van der Waals surface area contributed by atoms with Crippen LogP contribution < -0.4 is 10.2 Å². The lowest BCUT2D eigenvalue weighted by molar-refractivity contribution is 0.00357. The van der Waals surface area contributed by atoms with E-state index in [0.717, 1.165) is 12.2 Å². The molecule has 3 rings (SSSR count). The number of benzene rings is 1. The van der Waals surface area contributed by atoms with Gasteiger partial charge in [0.2, 0.25) is 0 Å². The minimum absolute atomic E-state index is 0.00227. The van der Waals surface area contributed by atoms with Crippen molar-refractivity contribution in [2.45, 2.75) is 20.0 Å². The monoisotopic (exact) mass is 331 g/mol. The molecule has 1 saturated heterocycles. The maximum absolute atomic E-state index is 12.3. The van der Waals surface area contributed by atoms with Gasteiger partial charge >= 0.3 is 0 Å². The summed E-state index contributed by atoms with van der Waals surface area (Å²) in [7, 11) is 0. The molecule has 0 spiro atoms. The van der Waals surface area contributed by atoms with Gasteiger partial charge in [0.1, 0.15) is 5.76 Å². The molecule has 0 bridgehead atoms. The SMILES string of the molecule is Cc1nc(C(=O)Nc2cccc(N3CCOC(CO)C3)c2)c(C)o1. The second-order valence-corrected chi connectivity index (χ2v) is 5.76. The highest BCUT2D eigenvalue weighted by atomic mass is 16.5. The molecular formula is C17H21N3O4. The minimum Gasteiger partial charge on any atom is -0.445 e. The number of nitrogens with one attached hydrogen (secondary N) is 1. The number of nitrogens with zero attached hydrogens (tertiary/aromatic N) is 2. The number of anilines is 2. The number of aliphatic hydroxyl groups excluding tert-OH is 1. The molecular weight excluding hydrogens is 310 g/mol. The zero-order valence-corrected chi connectivity index (χ0v) is 13.8. The van der Waals surface area contributed by atoms with Crippen molar-refractivity contribution in [2.75, 3.05) is 36.5 Å². The molecule has 7 nitrogen and oxygen atoms in total. The number of carbonyl (C=O) groups is 1. The van der Waals surface area contributed by atoms with Crippen LogP contribution in [0.25, 0.3) is 0 Å². The van der Waals surface area contributed by atoms with Crippen LogP contribution in [0.3, 0.4) is 0 Å². The first-order chi connectivity index (χ1) is 11.6. The number of morpholine rings is 1. The third-order valence-corrected chi connectivity index (χ3v) is 3.93. The number of hydrogen-bond donors (Lipinski definition) is 2. The average Bonchev–Trinajstić information content (AvgIpc) is 2.93. The van der Waals surface area contributed by atoms with Crippen molar-refractivity contribution in [2.24, 2.45) is 0 Å². The van der Waals surface area contributed by atoms with E-state index in [1.807, 2.05) is 24.3 Å². The normalized spacial score (nSPS) is 17.8. The van der Waals surface area contributed by atoms with E-state index in [0.29, 0.717) is 36.2 Å². The first kappa shape index (κ1) is 16.5. The van der Waals surface area contributed by atoms with Crippen molar-refractivity contribution in [3.63, 3.8) is 0 Å². The molecule has 128 valence electrons. The van der Waals surface area contributed by atoms with Crippen molar-refractivity contribution in [3.05, 3.63) is 41.6 Å². The van der Waals surface area contributed by atoms with Gasteiger partial charge < -0.3 is 24.5 Å². The summed E-state index contributed by atoms with van der Waals surface area (Å²) < 4.78 is 10.8. The summed E-state index contributed by atoms with van der Waals surface area (Å²) in [4.78, 5) is 18.6. The largest absolute Gasteiger partial charge is 0.445 e. The van der Waals surface area contributed by atoms with E-state index < -0.39 is 0 Å². The second kappa shape index (κ2) is 7.02. The van der Waals surface area contributed by atoms with Gasteiger partial charge in [-0.1, -0.05) is 6.07 Å². The second-order valence-electron chi connectivity index (χ2n) is 5.76. The predicted octanol–water partition coefficient (Wildman–Crippen LogP) is 1.74. The summed E-state index contributed by atoms with van der Waals surface area (Å²) in [6.07, 6.45) is -0.183. The van der Waals surface area contributed by atoms with E-state index >= 15 is 0 Å². The van der Waals surface area contributed by atoms with E-state index in [-0.39, 0.29) is 18.6 Å². The number of ether oxygens (including phenoxy) is 1. The van der Waals surface area contributed by atoms with Crippen LogP contribution in [0.5, 0.6) is 0 Å². The molecule has 2 heterocycles. The lowest BCUT2D eigenvalue weighted by Gasteiger charge is -2.33. The molecule has 0 saturated carbocycles. The van der Waals surface area contributed by atoms with Gasteiger partial charge in [0, 0.05) is 31.4 Å². The first-order valence-corrected chi connectivity index (χ1v) is 7.89. The molecule has 0 radical (unpaired) electrons. The van der Waals surface area contributed by atoms with E-state index in [2.05, 4.69) is 15.2 Å². The molecule has 1 aromatic heterocycles. The van der Waals surface area contributed by atoms with Crippen LogP contribution in [0.15, 0.2) is 28.7 Å². The van der Waals surface area contributed by atoms with Gasteiger partial charge in [-0.2, -0.15) is 0 Å². The zero-order chi connectivity index (χ0) is 17.1. The van der Waals surface area contributed by atoms with E-state index in [1.54, 1.807) is 13.8 Å². The number of rotatable bonds is 4. The van der Waals surface area contributed by atoms with Gasteiger partial charge in [-0.15, -0.1) is 0 Å². The quantitative estimate of drug-likeness (QED) is 0.887. The van der Waals surface area contributed by atoms with Gasteiger partial charge in [0.15, 0.2) is 11.6 Å². The van der Waals surface area contributed by atoms with Crippen molar-refractivity contribution in [1.29, 1.82) is 0 Å². The third kappa shape index (κ3) is 3.58. The van der Waals surface area contributed by atoms with Crippen LogP contribution >= 0.6 is 0 Å². The van der Waals surface area contributed by atoms with Gasteiger partial charge in [0.25, 0.3) is 5.91 Å². The average molecular weight is 331 g/mol. The summed E-state index contributed by atoms with van der Waals surface area (Å²) in [5.74, 6) is 0.673. The molecule has 24 heavy (non-hydrogen) atoms. The van der Waals surface area contributed by atoms with Crippen LogP contribution in [0.2, 0.25) is 0 Å². The third-order valence-electron chi connectivity index (χ3n) is 3.93. The number of oxazole rings is 1. The van der Waals surface area contributed by atoms with Crippen molar-refractivity contribution in [3.8, 4) is 0 Å². The smallest absolute Gasteiger partial charge is 0.277 e. The molecule has 1 amide bonds. The minimum atomic E-state index is -0.295. The Kier molecular flexibility index (Phi) is 4.82. The maximum atomic E-state index is 12.3. The maximum Gasteiger partial charge on any atom is 0.277 e. The van der Waals surface area contributed by atoms with Crippen LogP contribution in [0.4, 0.5) is 11.4 Å². The molecule has 0 aliphatic carbocycles. The predicted molar refractivity (Wildman–Crippen MR) is 89.4 cm³/mol. The summed E-state index contributed by atoms with van der Waals surface area (Å²) in [5, 5.41) is 12.1. The Morgan fingerprint density at radius 3 is 3.00 bits per heavy atom. The molecule has 1 unspecified atom stereocenters. The molecule has 2 aromatic rings. The molecule has 1 aliphatic rings. The lowest BCUT2D eigenvalue weighted by Crippen LogP contribution is -2.44. The molecule has 7 heteroatoms. The summed E-state index contributed by atoms with van der Waals surface area (Å²) >= 11 is 0. The summed E-state index contributed by atoms with van der Waals surface area (Å²) in [6, 6.07) is 7.59.